The molecule has 0 aromatic heterocycles. The molecule has 31 heavy (non-hydrogen) atoms. The van der Waals surface area contributed by atoms with Crippen LogP contribution in [0, 0.1) is 5.41 Å². The molecule has 0 radical (unpaired) electrons. The van der Waals surface area contributed by atoms with E-state index in [-0.39, 0.29) is 53.9 Å². The van der Waals surface area contributed by atoms with E-state index in [9.17, 15) is 18.0 Å². The summed E-state index contributed by atoms with van der Waals surface area (Å²) in [6.45, 7) is 1.16. The topological polar surface area (TPSA) is 78.0 Å². The van der Waals surface area contributed by atoms with Gasteiger partial charge in [-0.3, -0.25) is 14.5 Å². The van der Waals surface area contributed by atoms with E-state index >= 15 is 0 Å². The van der Waals surface area contributed by atoms with E-state index in [0.717, 1.165) is 25.7 Å². The summed E-state index contributed by atoms with van der Waals surface area (Å²) in [6, 6.07) is 10.6. The standard InChI is InChI=1S/C23H33N3O4S/c1-24(2)23(19-6-4-3-5-7-19)10-8-22(9-11-23)16-20(27)26(18-22)17-21(28)25-12-14-31(29,30)15-13-25/h3-7H,8-18H2,1-2H3. The highest BCUT2D eigenvalue weighted by molar-refractivity contribution is 7.91. The lowest BCUT2D eigenvalue weighted by Crippen LogP contribution is -2.49. The molecule has 0 N–H and O–H groups in total. The number of nitrogens with zero attached hydrogens (tertiary/aromatic N) is 3. The fourth-order valence-corrected chi connectivity index (χ4v) is 6.82. The predicted molar refractivity (Wildman–Crippen MR) is 119 cm³/mol. The number of likely N-dealkylation sites (tertiary alicyclic amines) is 1. The number of carbonyl (C=O) groups is 2. The molecule has 2 aliphatic heterocycles. The Bertz CT molecular complexity index is 923. The van der Waals surface area contributed by atoms with Gasteiger partial charge in [-0.15, -0.1) is 0 Å². The van der Waals surface area contributed by atoms with Gasteiger partial charge in [-0.05, 0) is 50.8 Å². The SMILES string of the molecule is CN(C)C1(c2ccccc2)CCC2(CC1)CC(=O)N(CC(=O)N1CCS(=O)(=O)CC1)C2. The third-order valence-electron chi connectivity index (χ3n) is 7.73. The summed E-state index contributed by atoms with van der Waals surface area (Å²) in [5, 5.41) is 0. The molecule has 0 unspecified atom stereocenters. The summed E-state index contributed by atoms with van der Waals surface area (Å²) in [5.41, 5.74) is 1.25. The minimum absolute atomic E-state index is 0.0158. The van der Waals surface area contributed by atoms with Crippen LogP contribution in [0.15, 0.2) is 30.3 Å². The van der Waals surface area contributed by atoms with E-state index in [1.165, 1.54) is 5.56 Å². The van der Waals surface area contributed by atoms with Crippen molar-refractivity contribution >= 4 is 21.7 Å². The molecular weight excluding hydrogens is 414 g/mol. The van der Waals surface area contributed by atoms with Crippen LogP contribution >= 0.6 is 0 Å². The normalized spacial score (nSPS) is 30.9. The molecule has 0 atom stereocenters. The molecule has 170 valence electrons. The lowest BCUT2D eigenvalue weighted by Gasteiger charge is -2.48. The van der Waals surface area contributed by atoms with Crippen LogP contribution in [-0.4, -0.2) is 86.7 Å². The molecule has 1 saturated carbocycles. The molecule has 1 aromatic rings. The van der Waals surface area contributed by atoms with Crippen LogP contribution in [0.25, 0.3) is 0 Å². The van der Waals surface area contributed by atoms with Crippen molar-refractivity contribution in [2.75, 3.05) is 51.8 Å². The van der Waals surface area contributed by atoms with Crippen LogP contribution in [0.5, 0.6) is 0 Å². The second-order valence-corrected chi connectivity index (χ2v) is 12.1. The van der Waals surface area contributed by atoms with Gasteiger partial charge in [0.1, 0.15) is 0 Å². The first-order valence-electron chi connectivity index (χ1n) is 11.1. The van der Waals surface area contributed by atoms with Crippen molar-refractivity contribution in [3.05, 3.63) is 35.9 Å². The molecule has 2 heterocycles. The zero-order valence-electron chi connectivity index (χ0n) is 18.5. The molecule has 3 aliphatic rings. The molecule has 2 amide bonds. The maximum atomic E-state index is 12.8. The average Bonchev–Trinajstić information content (AvgIpc) is 3.03. The monoisotopic (exact) mass is 447 g/mol. The van der Waals surface area contributed by atoms with Crippen molar-refractivity contribution in [1.82, 2.24) is 14.7 Å². The lowest BCUT2D eigenvalue weighted by atomic mass is 9.64. The summed E-state index contributed by atoms with van der Waals surface area (Å²) in [7, 11) is 1.24. The van der Waals surface area contributed by atoms with Crippen molar-refractivity contribution in [2.24, 2.45) is 5.41 Å². The van der Waals surface area contributed by atoms with E-state index in [4.69, 9.17) is 0 Å². The summed E-state index contributed by atoms with van der Waals surface area (Å²) >= 11 is 0. The summed E-state index contributed by atoms with van der Waals surface area (Å²) in [5.74, 6) is -0.0519. The Balaban J connectivity index is 1.40. The van der Waals surface area contributed by atoms with Gasteiger partial charge in [0.2, 0.25) is 11.8 Å². The van der Waals surface area contributed by atoms with E-state index < -0.39 is 9.84 Å². The van der Waals surface area contributed by atoms with Crippen LogP contribution in [0.3, 0.4) is 0 Å². The Kier molecular flexibility index (Phi) is 5.89. The third-order valence-corrected chi connectivity index (χ3v) is 9.34. The number of hydrogen-bond donors (Lipinski definition) is 0. The molecule has 0 bridgehead atoms. The first-order valence-corrected chi connectivity index (χ1v) is 13.0. The quantitative estimate of drug-likeness (QED) is 0.699. The molecule has 1 aromatic carbocycles. The number of benzene rings is 1. The van der Waals surface area contributed by atoms with Gasteiger partial charge in [-0.1, -0.05) is 30.3 Å². The van der Waals surface area contributed by atoms with Gasteiger partial charge < -0.3 is 9.80 Å². The molecule has 1 spiro atoms. The van der Waals surface area contributed by atoms with Crippen LogP contribution in [0.4, 0.5) is 0 Å². The Morgan fingerprint density at radius 3 is 2.23 bits per heavy atom. The zero-order chi connectivity index (χ0) is 22.3. The first kappa shape index (κ1) is 22.3. The molecule has 1 aliphatic carbocycles. The van der Waals surface area contributed by atoms with Gasteiger partial charge >= 0.3 is 0 Å². The van der Waals surface area contributed by atoms with Gasteiger partial charge in [0.15, 0.2) is 9.84 Å². The van der Waals surface area contributed by atoms with Gasteiger partial charge in [0, 0.05) is 31.6 Å². The van der Waals surface area contributed by atoms with E-state index in [0.29, 0.717) is 13.0 Å². The summed E-state index contributed by atoms with van der Waals surface area (Å²) < 4.78 is 23.2. The molecule has 2 saturated heterocycles. The van der Waals surface area contributed by atoms with Crippen molar-refractivity contribution < 1.29 is 18.0 Å². The number of carbonyl (C=O) groups excluding carboxylic acids is 2. The second kappa shape index (κ2) is 8.20. The Hall–Kier alpha value is -1.93. The Labute approximate surface area is 185 Å². The van der Waals surface area contributed by atoms with Crippen LogP contribution < -0.4 is 0 Å². The van der Waals surface area contributed by atoms with E-state index in [1.807, 2.05) is 6.07 Å². The van der Waals surface area contributed by atoms with Crippen LogP contribution in [0.2, 0.25) is 0 Å². The maximum absolute atomic E-state index is 12.8. The second-order valence-electron chi connectivity index (χ2n) is 9.75. The zero-order valence-corrected chi connectivity index (χ0v) is 19.4. The predicted octanol–water partition coefficient (Wildman–Crippen LogP) is 1.49. The Morgan fingerprint density at radius 1 is 1.03 bits per heavy atom. The van der Waals surface area contributed by atoms with E-state index in [1.54, 1.807) is 9.80 Å². The van der Waals surface area contributed by atoms with Crippen molar-refractivity contribution in [3.8, 4) is 0 Å². The smallest absolute Gasteiger partial charge is 0.242 e. The maximum Gasteiger partial charge on any atom is 0.242 e. The van der Waals surface area contributed by atoms with Gasteiger partial charge in [0.05, 0.1) is 18.1 Å². The number of amides is 2. The fraction of sp³-hybridized carbons (Fsp3) is 0.652. The summed E-state index contributed by atoms with van der Waals surface area (Å²) in [6.07, 6.45) is 4.40. The molecule has 8 heteroatoms. The highest BCUT2D eigenvalue weighted by atomic mass is 32.2. The highest BCUT2D eigenvalue weighted by Crippen LogP contribution is 2.52. The number of rotatable bonds is 4. The van der Waals surface area contributed by atoms with Crippen LogP contribution in [-0.2, 0) is 25.0 Å². The number of sulfone groups is 1. The number of hydrogen-bond acceptors (Lipinski definition) is 5. The third kappa shape index (κ3) is 4.37. The first-order chi connectivity index (χ1) is 14.6. The van der Waals surface area contributed by atoms with Gasteiger partial charge in [-0.25, -0.2) is 8.42 Å². The van der Waals surface area contributed by atoms with Crippen molar-refractivity contribution in [1.29, 1.82) is 0 Å². The fourth-order valence-electron chi connectivity index (χ4n) is 5.62. The lowest BCUT2D eigenvalue weighted by molar-refractivity contribution is -0.138. The average molecular weight is 448 g/mol. The van der Waals surface area contributed by atoms with Gasteiger partial charge in [0.25, 0.3) is 0 Å². The van der Waals surface area contributed by atoms with E-state index in [2.05, 4.69) is 43.3 Å². The minimum atomic E-state index is -3.03. The van der Waals surface area contributed by atoms with Crippen LogP contribution in [0.1, 0.15) is 37.7 Å². The van der Waals surface area contributed by atoms with Gasteiger partial charge in [-0.2, -0.15) is 0 Å². The molecule has 7 nitrogen and oxygen atoms in total. The largest absolute Gasteiger partial charge is 0.339 e. The minimum Gasteiger partial charge on any atom is -0.339 e. The summed E-state index contributed by atoms with van der Waals surface area (Å²) in [4.78, 5) is 31.1. The Morgan fingerprint density at radius 2 is 1.65 bits per heavy atom. The highest BCUT2D eigenvalue weighted by Gasteiger charge is 2.50. The molecule has 4 rings (SSSR count). The molecular formula is C23H33N3O4S. The van der Waals surface area contributed by atoms with Crippen molar-refractivity contribution in [3.63, 3.8) is 0 Å². The van der Waals surface area contributed by atoms with Crippen molar-refractivity contribution in [2.45, 2.75) is 37.6 Å². The molecule has 3 fully saturated rings.